The van der Waals surface area contributed by atoms with Gasteiger partial charge in [-0.15, -0.1) is 0 Å². The Morgan fingerprint density at radius 1 is 1.24 bits per heavy atom. The van der Waals surface area contributed by atoms with Crippen LogP contribution in [0.25, 0.3) is 0 Å². The van der Waals surface area contributed by atoms with Gasteiger partial charge in [0.05, 0.1) is 19.1 Å². The summed E-state index contributed by atoms with van der Waals surface area (Å²) in [5.74, 6) is 0.446. The molecule has 1 aromatic rings. The highest BCUT2D eigenvalue weighted by Crippen LogP contribution is 2.26. The number of allylic oxidation sites excluding steroid dienone is 1. The van der Waals surface area contributed by atoms with Crippen molar-refractivity contribution in [2.75, 3.05) is 12.4 Å². The van der Waals surface area contributed by atoms with Crippen LogP contribution in [0.3, 0.4) is 0 Å². The van der Waals surface area contributed by atoms with Crippen molar-refractivity contribution < 1.29 is 19.7 Å². The number of anilines is 1. The fourth-order valence-corrected chi connectivity index (χ4v) is 2.93. The van der Waals surface area contributed by atoms with Gasteiger partial charge < -0.3 is 20.3 Å². The number of amides is 1. The van der Waals surface area contributed by atoms with E-state index in [2.05, 4.69) is 26.1 Å². The summed E-state index contributed by atoms with van der Waals surface area (Å²) in [4.78, 5) is 12.4. The van der Waals surface area contributed by atoms with Crippen molar-refractivity contribution in [1.29, 1.82) is 0 Å². The summed E-state index contributed by atoms with van der Waals surface area (Å²) in [6.45, 7) is 9.97. The van der Waals surface area contributed by atoms with Crippen molar-refractivity contribution in [2.24, 2.45) is 17.8 Å². The summed E-state index contributed by atoms with van der Waals surface area (Å²) in [6.07, 6.45) is 2.22. The summed E-state index contributed by atoms with van der Waals surface area (Å²) >= 11 is 0. The van der Waals surface area contributed by atoms with Crippen LogP contribution in [0.4, 0.5) is 5.69 Å². The van der Waals surface area contributed by atoms with E-state index in [1.807, 2.05) is 13.0 Å². The second-order valence-electron chi connectivity index (χ2n) is 7.16. The number of nitrogens with one attached hydrogen (secondary N) is 1. The van der Waals surface area contributed by atoms with E-state index in [0.29, 0.717) is 23.3 Å². The van der Waals surface area contributed by atoms with E-state index in [0.717, 1.165) is 12.0 Å². The maximum absolute atomic E-state index is 12.4. The molecule has 25 heavy (non-hydrogen) atoms. The molecule has 1 amide bonds. The van der Waals surface area contributed by atoms with Gasteiger partial charge in [-0.2, -0.15) is 0 Å². The number of ether oxygens (including phenoxy) is 1. The van der Waals surface area contributed by atoms with Crippen LogP contribution in [-0.4, -0.2) is 29.3 Å². The fraction of sp³-hybridized carbons (Fsp3) is 0.550. The first kappa shape index (κ1) is 21.0. The maximum Gasteiger partial charge on any atom is 0.230 e. The molecule has 1 rings (SSSR count). The van der Waals surface area contributed by atoms with E-state index in [4.69, 9.17) is 4.74 Å². The van der Waals surface area contributed by atoms with Crippen LogP contribution < -0.4 is 10.1 Å². The monoisotopic (exact) mass is 349 g/mol. The van der Waals surface area contributed by atoms with Crippen LogP contribution in [0.5, 0.6) is 11.5 Å². The van der Waals surface area contributed by atoms with Gasteiger partial charge in [-0.3, -0.25) is 4.79 Å². The first-order chi connectivity index (χ1) is 11.6. The van der Waals surface area contributed by atoms with Crippen LogP contribution in [0.2, 0.25) is 0 Å². The van der Waals surface area contributed by atoms with Crippen molar-refractivity contribution in [2.45, 2.75) is 47.1 Å². The summed E-state index contributed by atoms with van der Waals surface area (Å²) in [5, 5.41) is 22.8. The number of aliphatic hydroxyl groups excluding tert-OH is 1. The minimum absolute atomic E-state index is 0.00133. The van der Waals surface area contributed by atoms with Gasteiger partial charge in [0.2, 0.25) is 5.91 Å². The molecule has 0 saturated carbocycles. The molecule has 0 fully saturated rings. The zero-order valence-corrected chi connectivity index (χ0v) is 16.0. The molecule has 3 N–H and O–H groups in total. The van der Waals surface area contributed by atoms with Gasteiger partial charge >= 0.3 is 0 Å². The van der Waals surface area contributed by atoms with Gasteiger partial charge in [-0.05, 0) is 30.8 Å². The topological polar surface area (TPSA) is 78.8 Å². The minimum atomic E-state index is -0.853. The number of benzene rings is 1. The highest BCUT2D eigenvalue weighted by Gasteiger charge is 2.24. The number of hydrogen-bond donors (Lipinski definition) is 3. The van der Waals surface area contributed by atoms with E-state index < -0.39 is 12.0 Å². The van der Waals surface area contributed by atoms with Crippen LogP contribution >= 0.6 is 0 Å². The number of carbonyl (C=O) groups excluding carboxylic acids is 1. The molecule has 0 aromatic heterocycles. The molecule has 0 aliphatic rings. The van der Waals surface area contributed by atoms with Crippen LogP contribution in [0.15, 0.2) is 29.8 Å². The number of phenols is 1. The second-order valence-corrected chi connectivity index (χ2v) is 7.16. The molecule has 0 aliphatic heterocycles. The van der Waals surface area contributed by atoms with E-state index >= 15 is 0 Å². The number of hydrogen-bond acceptors (Lipinski definition) is 4. The highest BCUT2D eigenvalue weighted by molar-refractivity contribution is 5.93. The Balaban J connectivity index is 2.77. The SMILES string of the molecule is COc1cc(O)cc(NC(=O)C(C)C(O)/C(C)=C/[C@H](C)CC(C)C)c1. The Hall–Kier alpha value is -2.01. The van der Waals surface area contributed by atoms with Gasteiger partial charge in [0.15, 0.2) is 0 Å². The third-order valence-corrected chi connectivity index (χ3v) is 4.14. The number of aromatic hydroxyl groups is 1. The van der Waals surface area contributed by atoms with Crippen molar-refractivity contribution in [3.05, 3.63) is 29.8 Å². The summed E-state index contributed by atoms with van der Waals surface area (Å²) in [6, 6.07) is 4.51. The summed E-state index contributed by atoms with van der Waals surface area (Å²) in [7, 11) is 1.49. The maximum atomic E-state index is 12.4. The standard InChI is InChI=1S/C20H31NO4/c1-12(2)7-13(3)8-14(4)19(23)15(5)20(24)21-16-9-17(22)11-18(10-16)25-6/h8-13,15,19,22-23H,7H2,1-6H3,(H,21,24)/b14-8+/t13-,15?,19?/m1/s1. The molecule has 0 aliphatic carbocycles. The van der Waals surface area contributed by atoms with Crippen molar-refractivity contribution in [1.82, 2.24) is 0 Å². The zero-order valence-electron chi connectivity index (χ0n) is 16.0. The quantitative estimate of drug-likeness (QED) is 0.621. The molecule has 1 aromatic carbocycles. The van der Waals surface area contributed by atoms with Crippen molar-refractivity contribution in [3.8, 4) is 11.5 Å². The average Bonchev–Trinajstić information content (AvgIpc) is 2.51. The van der Waals surface area contributed by atoms with Gasteiger partial charge in [0, 0.05) is 23.9 Å². The van der Waals surface area contributed by atoms with Crippen LogP contribution in [0.1, 0.15) is 41.0 Å². The third-order valence-electron chi connectivity index (χ3n) is 4.14. The minimum Gasteiger partial charge on any atom is -0.508 e. The van der Waals surface area contributed by atoms with E-state index in [9.17, 15) is 15.0 Å². The predicted octanol–water partition coefficient (Wildman–Crippen LogP) is 3.96. The molecule has 0 spiro atoms. The first-order valence-corrected chi connectivity index (χ1v) is 8.69. The number of rotatable bonds is 8. The Labute approximate surface area is 150 Å². The molecule has 0 radical (unpaired) electrons. The molecule has 0 heterocycles. The van der Waals surface area contributed by atoms with Gasteiger partial charge in [-0.1, -0.05) is 33.8 Å². The summed E-state index contributed by atoms with van der Waals surface area (Å²) < 4.78 is 5.07. The number of phenolic OH excluding ortho intramolecular Hbond substituents is 1. The Morgan fingerprint density at radius 2 is 1.88 bits per heavy atom. The Morgan fingerprint density at radius 3 is 2.44 bits per heavy atom. The van der Waals surface area contributed by atoms with Gasteiger partial charge in [-0.25, -0.2) is 0 Å². The lowest BCUT2D eigenvalue weighted by molar-refractivity contribution is -0.121. The second kappa shape index (κ2) is 9.47. The van der Waals surface area contributed by atoms with E-state index in [-0.39, 0.29) is 11.7 Å². The molecule has 0 saturated heterocycles. The Kier molecular flexibility index (Phi) is 7.97. The molecular formula is C20H31NO4. The fourth-order valence-electron chi connectivity index (χ4n) is 2.93. The lowest BCUT2D eigenvalue weighted by atomic mass is 9.92. The average molecular weight is 349 g/mol. The van der Waals surface area contributed by atoms with E-state index in [1.54, 1.807) is 13.0 Å². The third kappa shape index (κ3) is 6.78. The smallest absolute Gasteiger partial charge is 0.230 e. The molecule has 2 unspecified atom stereocenters. The lowest BCUT2D eigenvalue weighted by Gasteiger charge is -2.21. The number of methoxy groups -OCH3 is 1. The molecule has 140 valence electrons. The van der Waals surface area contributed by atoms with Crippen LogP contribution in [0, 0.1) is 17.8 Å². The summed E-state index contributed by atoms with van der Waals surface area (Å²) in [5.41, 5.74) is 1.22. The predicted molar refractivity (Wildman–Crippen MR) is 101 cm³/mol. The van der Waals surface area contributed by atoms with E-state index in [1.165, 1.54) is 19.2 Å². The highest BCUT2D eigenvalue weighted by atomic mass is 16.5. The van der Waals surface area contributed by atoms with Crippen LogP contribution in [-0.2, 0) is 4.79 Å². The number of aliphatic hydroxyl groups is 1. The van der Waals surface area contributed by atoms with Gasteiger partial charge in [0.25, 0.3) is 0 Å². The molecule has 0 bridgehead atoms. The Bertz CT molecular complexity index is 610. The van der Waals surface area contributed by atoms with Gasteiger partial charge in [0.1, 0.15) is 11.5 Å². The van der Waals surface area contributed by atoms with Crippen molar-refractivity contribution >= 4 is 11.6 Å². The normalized spacial score (nSPS) is 15.6. The first-order valence-electron chi connectivity index (χ1n) is 8.69. The largest absolute Gasteiger partial charge is 0.508 e. The molecule has 5 nitrogen and oxygen atoms in total. The zero-order chi connectivity index (χ0) is 19.1. The number of carbonyl (C=O) groups is 1. The molecule has 5 heteroatoms. The molecule has 3 atom stereocenters. The molecular weight excluding hydrogens is 318 g/mol. The van der Waals surface area contributed by atoms with Crippen molar-refractivity contribution in [3.63, 3.8) is 0 Å². The lowest BCUT2D eigenvalue weighted by Crippen LogP contribution is -2.31.